The van der Waals surface area contributed by atoms with Crippen LogP contribution in [0.2, 0.25) is 0 Å². The number of carbonyl (C=O) groups excluding carboxylic acids is 2. The van der Waals surface area contributed by atoms with Crippen LogP contribution in [0.15, 0.2) is 36.5 Å². The number of pyridine rings is 1. The molecule has 0 atom stereocenters. The maximum absolute atomic E-state index is 13.0. The van der Waals surface area contributed by atoms with Crippen LogP contribution in [-0.2, 0) is 36.6 Å². The minimum Gasteiger partial charge on any atom is -0.443 e. The molecule has 37 heavy (non-hydrogen) atoms. The molecule has 0 saturated carbocycles. The first-order valence-corrected chi connectivity index (χ1v) is 12.7. The molecule has 1 aromatic carbocycles. The van der Waals surface area contributed by atoms with Gasteiger partial charge < -0.3 is 9.47 Å². The maximum atomic E-state index is 13.0. The van der Waals surface area contributed by atoms with Gasteiger partial charge in [0.05, 0.1) is 18.4 Å². The van der Waals surface area contributed by atoms with Crippen molar-refractivity contribution in [3.63, 3.8) is 0 Å². The first-order chi connectivity index (χ1) is 16.7. The number of aromatic nitrogens is 1. The van der Waals surface area contributed by atoms with Gasteiger partial charge in [0.25, 0.3) is 10.1 Å². The third kappa shape index (κ3) is 9.32. The Kier molecular flexibility index (Phi) is 8.65. The lowest BCUT2D eigenvalue weighted by atomic mass is 10.0. The molecule has 2 rings (SSSR count). The highest BCUT2D eigenvalue weighted by molar-refractivity contribution is 7.85. The Hall–Kier alpha value is -3.19. The van der Waals surface area contributed by atoms with Crippen molar-refractivity contribution in [2.45, 2.75) is 65.5 Å². The van der Waals surface area contributed by atoms with Crippen molar-refractivity contribution >= 4 is 28.1 Å². The number of amides is 2. The van der Waals surface area contributed by atoms with Gasteiger partial charge in [-0.3, -0.25) is 4.18 Å². The molecule has 0 aliphatic carbocycles. The van der Waals surface area contributed by atoms with E-state index in [0.717, 1.165) is 18.4 Å². The molecule has 0 saturated heterocycles. The molecule has 0 unspecified atom stereocenters. The van der Waals surface area contributed by atoms with Gasteiger partial charge in [-0.25, -0.2) is 14.6 Å². The van der Waals surface area contributed by atoms with Gasteiger partial charge in [-0.1, -0.05) is 12.1 Å². The Morgan fingerprint density at radius 1 is 0.919 bits per heavy atom. The second kappa shape index (κ2) is 10.7. The predicted octanol–water partition coefficient (Wildman–Crippen LogP) is 5.92. The number of carbonyl (C=O) groups is 2. The highest BCUT2D eigenvalue weighted by atomic mass is 32.2. The lowest BCUT2D eigenvalue weighted by Crippen LogP contribution is -2.44. The quantitative estimate of drug-likeness (QED) is 0.425. The van der Waals surface area contributed by atoms with Gasteiger partial charge in [0.1, 0.15) is 17.0 Å². The Morgan fingerprint density at radius 2 is 1.41 bits per heavy atom. The van der Waals surface area contributed by atoms with Crippen molar-refractivity contribution in [1.29, 1.82) is 0 Å². The number of halogens is 3. The number of nitrogens with zero attached hydrogens (tertiary/aromatic N) is 2. The van der Waals surface area contributed by atoms with Crippen LogP contribution >= 0.6 is 0 Å². The Bertz CT molecular complexity index is 1220. The van der Waals surface area contributed by atoms with Crippen molar-refractivity contribution in [2.24, 2.45) is 0 Å². The Labute approximate surface area is 213 Å². The zero-order chi connectivity index (χ0) is 28.4. The van der Waals surface area contributed by atoms with E-state index in [0.29, 0.717) is 4.90 Å². The summed E-state index contributed by atoms with van der Waals surface area (Å²) in [6, 6.07) is 5.29. The summed E-state index contributed by atoms with van der Waals surface area (Å²) in [4.78, 5) is 30.5. The van der Waals surface area contributed by atoms with Gasteiger partial charge in [0.15, 0.2) is 0 Å². The number of alkyl halides is 3. The van der Waals surface area contributed by atoms with Gasteiger partial charge in [-0.05, 0) is 70.9 Å². The number of imide groups is 1. The normalized spacial score (nSPS) is 12.7. The minimum atomic E-state index is -4.55. The molecule has 0 radical (unpaired) electrons. The van der Waals surface area contributed by atoms with Crippen molar-refractivity contribution in [3.8, 4) is 11.1 Å². The van der Waals surface area contributed by atoms with E-state index >= 15 is 0 Å². The van der Waals surface area contributed by atoms with E-state index in [2.05, 4.69) is 4.98 Å². The van der Waals surface area contributed by atoms with Crippen LogP contribution in [0.1, 0.15) is 52.7 Å². The molecule has 0 N–H and O–H groups in total. The molecular weight excluding hydrogens is 517 g/mol. The summed E-state index contributed by atoms with van der Waals surface area (Å²) in [5, 5.41) is 0. The second-order valence-electron chi connectivity index (χ2n) is 10.0. The molecule has 0 bridgehead atoms. The third-order valence-corrected chi connectivity index (χ3v) is 4.85. The average Bonchev–Trinajstić information content (AvgIpc) is 2.69. The Balaban J connectivity index is 2.63. The molecular formula is C24H29F3N2O7S. The van der Waals surface area contributed by atoms with Crippen LogP contribution < -0.4 is 4.90 Å². The summed E-state index contributed by atoms with van der Waals surface area (Å²) in [5.41, 5.74) is -2.25. The number of rotatable bonds is 5. The van der Waals surface area contributed by atoms with E-state index in [-0.39, 0.29) is 22.5 Å². The van der Waals surface area contributed by atoms with E-state index < -0.39 is 51.9 Å². The molecule has 13 heteroatoms. The monoisotopic (exact) mass is 546 g/mol. The lowest BCUT2D eigenvalue weighted by Gasteiger charge is -2.28. The second-order valence-corrected chi connectivity index (χ2v) is 11.7. The first kappa shape index (κ1) is 30.0. The summed E-state index contributed by atoms with van der Waals surface area (Å²) in [6.07, 6.45) is -4.76. The summed E-state index contributed by atoms with van der Waals surface area (Å²) in [5.74, 6) is -0.272. The summed E-state index contributed by atoms with van der Waals surface area (Å²) >= 11 is 0. The first-order valence-electron chi connectivity index (χ1n) is 10.9. The average molecular weight is 547 g/mol. The number of anilines is 1. The molecule has 0 fully saturated rings. The molecule has 0 aliphatic rings. The molecule has 1 heterocycles. The summed E-state index contributed by atoms with van der Waals surface area (Å²) in [7, 11) is -3.93. The number of benzene rings is 1. The fourth-order valence-corrected chi connectivity index (χ4v) is 3.21. The predicted molar refractivity (Wildman–Crippen MR) is 129 cm³/mol. The SMILES string of the molecule is CC(C)(C)OC(=O)N(C(=O)OC(C)(C)C)c1cc(COS(C)(=O)=O)c(-c2ccc(C(F)(F)F)cc2)cn1. The molecule has 2 amide bonds. The fraction of sp³-hybridized carbons (Fsp3) is 0.458. The number of hydrogen-bond acceptors (Lipinski definition) is 8. The third-order valence-electron chi connectivity index (χ3n) is 4.31. The summed E-state index contributed by atoms with van der Waals surface area (Å²) in [6.45, 7) is 8.97. The zero-order valence-electron chi connectivity index (χ0n) is 21.5. The lowest BCUT2D eigenvalue weighted by molar-refractivity contribution is -0.137. The molecule has 204 valence electrons. The maximum Gasteiger partial charge on any atom is 0.425 e. The van der Waals surface area contributed by atoms with Crippen LogP contribution in [0.3, 0.4) is 0 Å². The highest BCUT2D eigenvalue weighted by Crippen LogP contribution is 2.33. The van der Waals surface area contributed by atoms with E-state index in [4.69, 9.17) is 13.7 Å². The van der Waals surface area contributed by atoms with Crippen LogP contribution in [0.4, 0.5) is 28.6 Å². The van der Waals surface area contributed by atoms with Gasteiger partial charge in [-0.2, -0.15) is 26.5 Å². The summed E-state index contributed by atoms with van der Waals surface area (Å²) < 4.78 is 77.8. The van der Waals surface area contributed by atoms with Gasteiger partial charge in [-0.15, -0.1) is 0 Å². The molecule has 9 nitrogen and oxygen atoms in total. The van der Waals surface area contributed by atoms with Crippen LogP contribution in [0.25, 0.3) is 11.1 Å². The van der Waals surface area contributed by atoms with Crippen LogP contribution in [0, 0.1) is 0 Å². The van der Waals surface area contributed by atoms with Gasteiger partial charge in [0, 0.05) is 11.8 Å². The largest absolute Gasteiger partial charge is 0.443 e. The van der Waals surface area contributed by atoms with Crippen molar-refractivity contribution in [1.82, 2.24) is 4.98 Å². The van der Waals surface area contributed by atoms with Crippen LogP contribution in [0.5, 0.6) is 0 Å². The van der Waals surface area contributed by atoms with Gasteiger partial charge in [0.2, 0.25) is 0 Å². The molecule has 2 aromatic rings. The zero-order valence-corrected chi connectivity index (χ0v) is 22.3. The van der Waals surface area contributed by atoms with E-state index in [1.165, 1.54) is 24.4 Å². The van der Waals surface area contributed by atoms with Gasteiger partial charge >= 0.3 is 18.4 Å². The van der Waals surface area contributed by atoms with Crippen molar-refractivity contribution in [2.75, 3.05) is 11.2 Å². The van der Waals surface area contributed by atoms with Crippen LogP contribution in [-0.4, -0.2) is 43.0 Å². The smallest absolute Gasteiger partial charge is 0.425 e. The topological polar surface area (TPSA) is 112 Å². The number of ether oxygens (including phenoxy) is 2. The van der Waals surface area contributed by atoms with E-state index in [1.54, 1.807) is 41.5 Å². The van der Waals surface area contributed by atoms with E-state index in [1.807, 2.05) is 0 Å². The fourth-order valence-electron chi connectivity index (χ4n) is 2.87. The minimum absolute atomic E-state index is 0.118. The molecule has 0 aliphatic heterocycles. The number of hydrogen-bond donors (Lipinski definition) is 0. The highest BCUT2D eigenvalue weighted by Gasteiger charge is 2.34. The Morgan fingerprint density at radius 3 is 1.81 bits per heavy atom. The van der Waals surface area contributed by atoms with E-state index in [9.17, 15) is 31.2 Å². The molecule has 0 spiro atoms. The standard InChI is InChI=1S/C24H29F3N2O7S/c1-22(2,3)35-20(30)29(21(31)36-23(4,5)6)19-12-16(14-34-37(7,32)33)18(13-28-19)15-8-10-17(11-9-15)24(25,26)27/h8-13H,14H2,1-7H3. The van der Waals surface area contributed by atoms with Crippen molar-refractivity contribution in [3.05, 3.63) is 47.7 Å². The molecule has 1 aromatic heterocycles. The van der Waals surface area contributed by atoms with Crippen molar-refractivity contribution < 1.29 is 44.8 Å².